The summed E-state index contributed by atoms with van der Waals surface area (Å²) in [5.74, 6) is -0.0608. The highest BCUT2D eigenvalue weighted by atomic mass is 16.5. The fraction of sp³-hybridized carbons (Fsp3) is 0.389. The van der Waals surface area contributed by atoms with E-state index in [2.05, 4.69) is 9.89 Å². The second kappa shape index (κ2) is 6.96. The van der Waals surface area contributed by atoms with Crippen LogP contribution < -0.4 is 5.73 Å². The number of rotatable bonds is 3. The van der Waals surface area contributed by atoms with Gasteiger partial charge < -0.3 is 19.9 Å². The first kappa shape index (κ1) is 17.0. The number of nitrogen functional groups attached to an aromatic ring is 1. The lowest BCUT2D eigenvalue weighted by atomic mass is 9.90. The van der Waals surface area contributed by atoms with Crippen molar-refractivity contribution in [2.75, 3.05) is 19.4 Å². The summed E-state index contributed by atoms with van der Waals surface area (Å²) in [5.41, 5.74) is 7.05. The molecule has 0 radical (unpaired) electrons. The van der Waals surface area contributed by atoms with Crippen LogP contribution in [0.1, 0.15) is 52.3 Å². The number of nitrogens with two attached hydrogens (primary N) is 1. The molecule has 7 heteroatoms. The molecule has 132 valence electrons. The molecule has 0 saturated carbocycles. The molecule has 1 aliphatic heterocycles. The van der Waals surface area contributed by atoms with Crippen LogP contribution in [0.15, 0.2) is 34.9 Å². The van der Waals surface area contributed by atoms with Gasteiger partial charge in [-0.3, -0.25) is 4.79 Å². The molecular weight excluding hydrogens is 322 g/mol. The summed E-state index contributed by atoms with van der Waals surface area (Å²) >= 11 is 0. The van der Waals surface area contributed by atoms with Crippen molar-refractivity contribution in [3.8, 4) is 0 Å². The van der Waals surface area contributed by atoms with Gasteiger partial charge in [0.05, 0.1) is 12.7 Å². The topological polar surface area (TPSA) is 98.7 Å². The number of esters is 1. The van der Waals surface area contributed by atoms with Crippen molar-refractivity contribution >= 4 is 17.6 Å². The van der Waals surface area contributed by atoms with Gasteiger partial charge in [0.25, 0.3) is 5.91 Å². The Kier molecular flexibility index (Phi) is 4.74. The van der Waals surface area contributed by atoms with Crippen molar-refractivity contribution in [2.45, 2.75) is 31.7 Å². The molecule has 2 heterocycles. The van der Waals surface area contributed by atoms with Crippen LogP contribution >= 0.6 is 0 Å². The fourth-order valence-electron chi connectivity index (χ4n) is 3.15. The second-order valence-corrected chi connectivity index (χ2v) is 6.27. The Morgan fingerprint density at radius 1 is 1.32 bits per heavy atom. The fourth-order valence-corrected chi connectivity index (χ4v) is 3.15. The average Bonchev–Trinajstić information content (AvgIpc) is 3.11. The Labute approximate surface area is 145 Å². The van der Waals surface area contributed by atoms with E-state index in [9.17, 15) is 9.59 Å². The number of benzene rings is 1. The largest absolute Gasteiger partial charge is 0.464 e. The first-order valence-electron chi connectivity index (χ1n) is 8.21. The van der Waals surface area contributed by atoms with E-state index in [0.29, 0.717) is 23.6 Å². The highest BCUT2D eigenvalue weighted by molar-refractivity contribution is 5.99. The quantitative estimate of drug-likeness (QED) is 0.679. The molecule has 0 aliphatic carbocycles. The van der Waals surface area contributed by atoms with Gasteiger partial charge in [-0.25, -0.2) is 4.79 Å². The van der Waals surface area contributed by atoms with E-state index >= 15 is 0 Å². The van der Waals surface area contributed by atoms with Crippen LogP contribution in [0.3, 0.4) is 0 Å². The molecule has 0 unspecified atom stereocenters. The normalized spacial score (nSPS) is 20.3. The van der Waals surface area contributed by atoms with Crippen LogP contribution in [0.4, 0.5) is 5.69 Å². The van der Waals surface area contributed by atoms with E-state index in [0.717, 1.165) is 12.8 Å². The summed E-state index contributed by atoms with van der Waals surface area (Å²) in [6.07, 6.45) is 1.68. The number of methoxy groups -OCH3 is 1. The minimum Gasteiger partial charge on any atom is -0.464 e. The predicted molar refractivity (Wildman–Crippen MR) is 91.2 cm³/mol. The summed E-state index contributed by atoms with van der Waals surface area (Å²) in [6, 6.07) is 8.75. The predicted octanol–water partition coefficient (Wildman–Crippen LogP) is 2.45. The maximum Gasteiger partial charge on any atom is 0.360 e. The Hall–Kier alpha value is -2.83. The SMILES string of the molecule is COC(=O)c1cc([C@@H]2CC[C@@H](C)N(C(=O)c3ccccc3N)C2)on1. The number of nitrogens with zero attached hydrogens (tertiary/aromatic N) is 2. The number of piperidine rings is 1. The van der Waals surface area contributed by atoms with E-state index < -0.39 is 5.97 Å². The monoisotopic (exact) mass is 343 g/mol. The van der Waals surface area contributed by atoms with Crippen LogP contribution in [0, 0.1) is 0 Å². The number of ether oxygens (including phenoxy) is 1. The van der Waals surface area contributed by atoms with E-state index in [1.165, 1.54) is 7.11 Å². The van der Waals surface area contributed by atoms with Crippen molar-refractivity contribution in [2.24, 2.45) is 0 Å². The molecule has 7 nitrogen and oxygen atoms in total. The second-order valence-electron chi connectivity index (χ2n) is 6.27. The van der Waals surface area contributed by atoms with Crippen LogP contribution in [0.5, 0.6) is 0 Å². The zero-order valence-electron chi connectivity index (χ0n) is 14.3. The molecule has 1 aromatic carbocycles. The number of carbonyl (C=O) groups is 2. The Bertz CT molecular complexity index is 786. The molecule has 2 N–H and O–H groups in total. The molecule has 25 heavy (non-hydrogen) atoms. The molecule has 0 spiro atoms. The van der Waals surface area contributed by atoms with Crippen LogP contribution in [-0.2, 0) is 4.74 Å². The van der Waals surface area contributed by atoms with Gasteiger partial charge >= 0.3 is 5.97 Å². The minimum atomic E-state index is -0.538. The summed E-state index contributed by atoms with van der Waals surface area (Å²) < 4.78 is 9.95. The van der Waals surface area contributed by atoms with E-state index in [-0.39, 0.29) is 23.6 Å². The van der Waals surface area contributed by atoms with Gasteiger partial charge in [0.1, 0.15) is 5.76 Å². The number of carbonyl (C=O) groups excluding carboxylic acids is 2. The molecule has 1 saturated heterocycles. The lowest BCUT2D eigenvalue weighted by molar-refractivity contribution is 0.0588. The molecule has 1 aliphatic rings. The summed E-state index contributed by atoms with van der Waals surface area (Å²) in [5, 5.41) is 3.75. The van der Waals surface area contributed by atoms with Crippen LogP contribution in [0.25, 0.3) is 0 Å². The number of likely N-dealkylation sites (tertiary alicyclic amines) is 1. The highest BCUT2D eigenvalue weighted by Gasteiger charge is 2.33. The molecule has 3 rings (SSSR count). The Morgan fingerprint density at radius 3 is 2.80 bits per heavy atom. The maximum absolute atomic E-state index is 12.9. The molecular formula is C18H21N3O4. The Morgan fingerprint density at radius 2 is 2.08 bits per heavy atom. The zero-order chi connectivity index (χ0) is 18.0. The standard InChI is InChI=1S/C18H21N3O4/c1-11-7-8-12(16-9-15(20-25-16)18(23)24-2)10-21(11)17(22)13-5-3-4-6-14(13)19/h3-6,9,11-12H,7-8,10,19H2,1-2H3/t11-,12-/m1/s1. The third kappa shape index (κ3) is 3.35. The molecule has 2 atom stereocenters. The highest BCUT2D eigenvalue weighted by Crippen LogP contribution is 2.32. The summed E-state index contributed by atoms with van der Waals surface area (Å²) in [4.78, 5) is 26.2. The lowest BCUT2D eigenvalue weighted by Crippen LogP contribution is -2.45. The number of para-hydroxylation sites is 1. The third-order valence-electron chi connectivity index (χ3n) is 4.66. The van der Waals surface area contributed by atoms with Gasteiger partial charge in [-0.1, -0.05) is 17.3 Å². The lowest BCUT2D eigenvalue weighted by Gasteiger charge is -2.37. The number of amides is 1. The maximum atomic E-state index is 12.9. The van der Waals surface area contributed by atoms with Gasteiger partial charge in [0.2, 0.25) is 0 Å². The van der Waals surface area contributed by atoms with Gasteiger partial charge in [-0.15, -0.1) is 0 Å². The van der Waals surface area contributed by atoms with Crippen LogP contribution in [-0.4, -0.2) is 41.6 Å². The first-order valence-corrected chi connectivity index (χ1v) is 8.21. The molecule has 1 aromatic heterocycles. The number of anilines is 1. The Balaban J connectivity index is 1.80. The molecule has 1 amide bonds. The first-order chi connectivity index (χ1) is 12.0. The van der Waals surface area contributed by atoms with Gasteiger partial charge in [-0.05, 0) is 31.9 Å². The third-order valence-corrected chi connectivity index (χ3v) is 4.66. The average molecular weight is 343 g/mol. The van der Waals surface area contributed by atoms with E-state index in [4.69, 9.17) is 10.3 Å². The minimum absolute atomic E-state index is 0.0176. The molecule has 0 bridgehead atoms. The van der Waals surface area contributed by atoms with Crippen LogP contribution in [0.2, 0.25) is 0 Å². The smallest absolute Gasteiger partial charge is 0.360 e. The molecule has 2 aromatic rings. The van der Waals surface area contributed by atoms with Crippen molar-refractivity contribution in [1.29, 1.82) is 0 Å². The van der Waals surface area contributed by atoms with Crippen molar-refractivity contribution in [3.05, 3.63) is 47.3 Å². The molecule has 1 fully saturated rings. The number of hydrogen-bond donors (Lipinski definition) is 1. The van der Waals surface area contributed by atoms with Gasteiger partial charge in [0.15, 0.2) is 5.69 Å². The summed E-state index contributed by atoms with van der Waals surface area (Å²) in [6.45, 7) is 2.51. The zero-order valence-corrected chi connectivity index (χ0v) is 14.3. The van der Waals surface area contributed by atoms with Crippen molar-refractivity contribution < 1.29 is 18.8 Å². The number of aromatic nitrogens is 1. The number of hydrogen-bond acceptors (Lipinski definition) is 6. The van der Waals surface area contributed by atoms with Gasteiger partial charge in [-0.2, -0.15) is 0 Å². The summed E-state index contributed by atoms with van der Waals surface area (Å²) in [7, 11) is 1.30. The van der Waals surface area contributed by atoms with E-state index in [1.807, 2.05) is 6.92 Å². The van der Waals surface area contributed by atoms with Gasteiger partial charge in [0, 0.05) is 30.3 Å². The van der Waals surface area contributed by atoms with E-state index in [1.54, 1.807) is 35.2 Å². The van der Waals surface area contributed by atoms with Crippen molar-refractivity contribution in [3.63, 3.8) is 0 Å². The van der Waals surface area contributed by atoms with Crippen molar-refractivity contribution in [1.82, 2.24) is 10.1 Å².